The van der Waals surface area contributed by atoms with E-state index >= 15 is 0 Å². The van der Waals surface area contributed by atoms with Crippen molar-refractivity contribution in [3.05, 3.63) is 29.8 Å². The first-order chi connectivity index (χ1) is 9.79. The van der Waals surface area contributed by atoms with Crippen LogP contribution in [0.15, 0.2) is 24.3 Å². The number of hydrogen-bond donors (Lipinski definition) is 2. The molecule has 0 aromatic heterocycles. The van der Waals surface area contributed by atoms with Crippen molar-refractivity contribution < 1.29 is 9.90 Å². The van der Waals surface area contributed by atoms with Gasteiger partial charge in [-0.3, -0.25) is 4.79 Å². The van der Waals surface area contributed by atoms with Crippen LogP contribution in [0.5, 0.6) is 0 Å². The van der Waals surface area contributed by atoms with Gasteiger partial charge < -0.3 is 10.4 Å². The fourth-order valence-corrected chi connectivity index (χ4v) is 3.42. The number of aliphatic hydroxyl groups is 1. The number of hydrogen-bond acceptors (Lipinski definition) is 2. The van der Waals surface area contributed by atoms with E-state index in [-0.39, 0.29) is 18.4 Å². The predicted molar refractivity (Wildman–Crippen MR) is 78.0 cm³/mol. The van der Waals surface area contributed by atoms with Gasteiger partial charge in [0.1, 0.15) is 6.61 Å². The molecule has 1 amide bonds. The van der Waals surface area contributed by atoms with Gasteiger partial charge in [-0.05, 0) is 42.9 Å². The zero-order valence-corrected chi connectivity index (χ0v) is 11.4. The van der Waals surface area contributed by atoms with Gasteiger partial charge in [0.05, 0.1) is 0 Å². The summed E-state index contributed by atoms with van der Waals surface area (Å²) in [5.74, 6) is 7.10. The Kier molecular flexibility index (Phi) is 3.75. The van der Waals surface area contributed by atoms with Gasteiger partial charge in [0.25, 0.3) is 0 Å². The van der Waals surface area contributed by atoms with Crippen molar-refractivity contribution in [1.29, 1.82) is 0 Å². The summed E-state index contributed by atoms with van der Waals surface area (Å²) >= 11 is 0. The van der Waals surface area contributed by atoms with Crippen molar-refractivity contribution in [2.24, 2.45) is 17.8 Å². The summed E-state index contributed by atoms with van der Waals surface area (Å²) < 4.78 is 0. The smallest absolute Gasteiger partial charge is 0.228 e. The minimum Gasteiger partial charge on any atom is -0.384 e. The number of rotatable bonds is 2. The van der Waals surface area contributed by atoms with Gasteiger partial charge in [0.15, 0.2) is 0 Å². The third-order valence-corrected chi connectivity index (χ3v) is 4.40. The molecule has 104 valence electrons. The van der Waals surface area contributed by atoms with Crippen molar-refractivity contribution in [2.75, 3.05) is 11.9 Å². The second-order valence-corrected chi connectivity index (χ2v) is 5.67. The summed E-state index contributed by atoms with van der Waals surface area (Å²) in [4.78, 5) is 12.3. The lowest BCUT2D eigenvalue weighted by Gasteiger charge is -2.05. The Morgan fingerprint density at radius 3 is 2.75 bits per heavy atom. The summed E-state index contributed by atoms with van der Waals surface area (Å²) in [5, 5.41) is 11.7. The molecule has 2 aliphatic carbocycles. The third-order valence-electron chi connectivity index (χ3n) is 4.40. The molecule has 2 aliphatic rings. The van der Waals surface area contributed by atoms with Gasteiger partial charge >= 0.3 is 0 Å². The number of benzene rings is 1. The molecule has 0 aliphatic heterocycles. The van der Waals surface area contributed by atoms with Gasteiger partial charge in [-0.15, -0.1) is 0 Å². The van der Waals surface area contributed by atoms with Crippen LogP contribution in [0.2, 0.25) is 0 Å². The van der Waals surface area contributed by atoms with Crippen LogP contribution in [0.4, 0.5) is 5.69 Å². The molecule has 2 unspecified atom stereocenters. The van der Waals surface area contributed by atoms with Crippen molar-refractivity contribution in [3.63, 3.8) is 0 Å². The molecule has 1 aromatic carbocycles. The van der Waals surface area contributed by atoms with Crippen LogP contribution in [0, 0.1) is 29.6 Å². The summed E-state index contributed by atoms with van der Waals surface area (Å²) in [7, 11) is 0. The maximum absolute atomic E-state index is 12.3. The van der Waals surface area contributed by atoms with Gasteiger partial charge in [0.2, 0.25) is 5.91 Å². The molecule has 2 saturated carbocycles. The van der Waals surface area contributed by atoms with Crippen LogP contribution in [0.25, 0.3) is 0 Å². The van der Waals surface area contributed by atoms with Crippen molar-refractivity contribution in [3.8, 4) is 11.8 Å². The Morgan fingerprint density at radius 2 is 2.05 bits per heavy atom. The second kappa shape index (κ2) is 5.68. The maximum Gasteiger partial charge on any atom is 0.228 e. The summed E-state index contributed by atoms with van der Waals surface area (Å²) in [6, 6.07) is 7.48. The number of carbonyl (C=O) groups excluding carboxylic acids is 1. The van der Waals surface area contributed by atoms with Crippen LogP contribution in [0.1, 0.15) is 31.2 Å². The molecule has 0 spiro atoms. The molecule has 3 heteroatoms. The Labute approximate surface area is 119 Å². The molecule has 1 aromatic rings. The highest BCUT2D eigenvalue weighted by molar-refractivity contribution is 5.95. The predicted octanol–water partition coefficient (Wildman–Crippen LogP) is 2.41. The van der Waals surface area contributed by atoms with Crippen molar-refractivity contribution in [1.82, 2.24) is 0 Å². The zero-order chi connectivity index (χ0) is 13.9. The van der Waals surface area contributed by atoms with Gasteiger partial charge in [-0.1, -0.05) is 30.7 Å². The number of anilines is 1. The highest BCUT2D eigenvalue weighted by Gasteiger charge is 2.54. The molecule has 0 heterocycles. The first-order valence-electron chi connectivity index (χ1n) is 7.30. The standard InChI is InChI=1S/C17H19NO2/c19-10-4-6-12-5-3-7-13(11-12)18-17(20)16-14-8-1-2-9-15(14)16/h3,5,7,11,14-16,19H,1-2,8-10H2,(H,18,20). The molecule has 3 nitrogen and oxygen atoms in total. The highest BCUT2D eigenvalue weighted by Crippen LogP contribution is 2.55. The molecule has 0 radical (unpaired) electrons. The van der Waals surface area contributed by atoms with E-state index in [1.54, 1.807) is 0 Å². The van der Waals surface area contributed by atoms with E-state index in [1.807, 2.05) is 24.3 Å². The molecular formula is C17H19NO2. The third kappa shape index (κ3) is 2.71. The van der Waals surface area contributed by atoms with E-state index in [2.05, 4.69) is 17.2 Å². The Hall–Kier alpha value is -1.79. The number of amides is 1. The summed E-state index contributed by atoms with van der Waals surface area (Å²) in [5.41, 5.74) is 1.61. The van der Waals surface area contributed by atoms with E-state index in [0.717, 1.165) is 11.3 Å². The molecule has 2 atom stereocenters. The van der Waals surface area contributed by atoms with Crippen molar-refractivity contribution in [2.45, 2.75) is 25.7 Å². The molecule has 2 fully saturated rings. The first kappa shape index (κ1) is 13.2. The minimum atomic E-state index is -0.151. The minimum absolute atomic E-state index is 0.151. The van der Waals surface area contributed by atoms with E-state index in [4.69, 9.17) is 5.11 Å². The number of carbonyl (C=O) groups is 1. The molecular weight excluding hydrogens is 250 g/mol. The summed E-state index contributed by atoms with van der Waals surface area (Å²) in [6.07, 6.45) is 4.98. The Balaban J connectivity index is 1.64. The maximum atomic E-state index is 12.3. The quantitative estimate of drug-likeness (QED) is 0.810. The van der Waals surface area contributed by atoms with Crippen LogP contribution in [-0.2, 0) is 4.79 Å². The van der Waals surface area contributed by atoms with Crippen LogP contribution in [-0.4, -0.2) is 17.6 Å². The van der Waals surface area contributed by atoms with Crippen LogP contribution < -0.4 is 5.32 Å². The second-order valence-electron chi connectivity index (χ2n) is 5.67. The largest absolute Gasteiger partial charge is 0.384 e. The SMILES string of the molecule is O=C(Nc1cccc(C#CCO)c1)C1C2CCCCC21. The van der Waals surface area contributed by atoms with E-state index < -0.39 is 0 Å². The van der Waals surface area contributed by atoms with E-state index in [9.17, 15) is 4.79 Å². The Morgan fingerprint density at radius 1 is 1.30 bits per heavy atom. The average molecular weight is 269 g/mol. The topological polar surface area (TPSA) is 49.3 Å². The van der Waals surface area contributed by atoms with Gasteiger partial charge in [0, 0.05) is 17.2 Å². The zero-order valence-electron chi connectivity index (χ0n) is 11.4. The lowest BCUT2D eigenvalue weighted by molar-refractivity contribution is -0.117. The number of aliphatic hydroxyl groups excluding tert-OH is 1. The first-order valence-corrected chi connectivity index (χ1v) is 7.30. The molecule has 0 bridgehead atoms. The van der Waals surface area contributed by atoms with Gasteiger partial charge in [-0.2, -0.15) is 0 Å². The molecule has 3 rings (SSSR count). The fourth-order valence-electron chi connectivity index (χ4n) is 3.42. The average Bonchev–Trinajstić information content (AvgIpc) is 3.20. The fraction of sp³-hybridized carbons (Fsp3) is 0.471. The normalized spacial score (nSPS) is 26.9. The molecule has 0 saturated heterocycles. The molecule has 2 N–H and O–H groups in total. The lowest BCUT2D eigenvalue weighted by Crippen LogP contribution is -2.15. The van der Waals surface area contributed by atoms with Crippen LogP contribution in [0.3, 0.4) is 0 Å². The van der Waals surface area contributed by atoms with E-state index in [1.165, 1.54) is 25.7 Å². The molecule has 20 heavy (non-hydrogen) atoms. The van der Waals surface area contributed by atoms with Crippen molar-refractivity contribution >= 4 is 11.6 Å². The Bertz CT molecular complexity index is 558. The van der Waals surface area contributed by atoms with E-state index in [0.29, 0.717) is 11.8 Å². The lowest BCUT2D eigenvalue weighted by atomic mass is 10.0. The highest BCUT2D eigenvalue weighted by atomic mass is 16.2. The number of fused-ring (bicyclic) bond motifs is 1. The summed E-state index contributed by atoms with van der Waals surface area (Å²) in [6.45, 7) is -0.151. The van der Waals surface area contributed by atoms with Gasteiger partial charge in [-0.25, -0.2) is 0 Å². The monoisotopic (exact) mass is 269 g/mol. The van der Waals surface area contributed by atoms with Crippen LogP contribution >= 0.6 is 0 Å². The number of nitrogens with one attached hydrogen (secondary N) is 1.